The molecule has 148 valence electrons. The Morgan fingerprint density at radius 3 is 1.89 bits per heavy atom. The Labute approximate surface area is 174 Å². The molecule has 5 heteroatoms. The van der Waals surface area contributed by atoms with E-state index in [1.54, 1.807) is 6.07 Å². The molecule has 0 atom stereocenters. The first-order chi connectivity index (χ1) is 13.0. The van der Waals surface area contributed by atoms with E-state index in [9.17, 15) is 14.7 Å². The van der Waals surface area contributed by atoms with E-state index in [1.165, 1.54) is 0 Å². The highest BCUT2D eigenvalue weighted by Gasteiger charge is 2.46. The van der Waals surface area contributed by atoms with Crippen molar-refractivity contribution in [3.63, 3.8) is 0 Å². The van der Waals surface area contributed by atoms with Crippen LogP contribution in [0.15, 0.2) is 45.2 Å². The van der Waals surface area contributed by atoms with Crippen LogP contribution in [-0.4, -0.2) is 16.7 Å². The largest absolute Gasteiger partial charge is 0.507 e. The number of aromatic hydroxyl groups is 1. The third kappa shape index (κ3) is 3.24. The van der Waals surface area contributed by atoms with Gasteiger partial charge in [-0.1, -0.05) is 33.8 Å². The summed E-state index contributed by atoms with van der Waals surface area (Å²) in [4.78, 5) is 26.4. The molecule has 1 heterocycles. The van der Waals surface area contributed by atoms with Gasteiger partial charge in [0.15, 0.2) is 11.6 Å². The first-order valence-corrected chi connectivity index (χ1v) is 10.5. The summed E-state index contributed by atoms with van der Waals surface area (Å²) in [6, 6.07) is 5.28. The maximum atomic E-state index is 13.2. The van der Waals surface area contributed by atoms with Gasteiger partial charge in [0.2, 0.25) is 0 Å². The molecule has 2 N–H and O–H groups in total. The van der Waals surface area contributed by atoms with Crippen LogP contribution in [0.5, 0.6) is 5.75 Å². The SMILES string of the molecule is CC1(C)CC(=O)C2=C(C1)NC1=C(C(=O)CC(C)(C)C1)C2c1ccc(O)c(Br)c1. The number of benzene rings is 1. The van der Waals surface area contributed by atoms with Crippen molar-refractivity contribution in [1.29, 1.82) is 0 Å². The standard InChI is InChI=1S/C23H26BrNO3/c1-22(2)8-14-20(17(27)10-22)19(12-5-6-16(26)13(24)7-12)21-15(25-14)9-23(3,4)11-18(21)28/h5-7,19,25-26H,8-11H2,1-4H3. The quantitative estimate of drug-likeness (QED) is 0.631. The summed E-state index contributed by atoms with van der Waals surface area (Å²) in [6.07, 6.45) is 2.53. The second-order valence-corrected chi connectivity index (χ2v) is 10.8. The average Bonchev–Trinajstić information content (AvgIpc) is 2.53. The van der Waals surface area contributed by atoms with Gasteiger partial charge in [-0.25, -0.2) is 0 Å². The summed E-state index contributed by atoms with van der Waals surface area (Å²) in [5, 5.41) is 13.4. The Bertz CT molecular complexity index is 916. The number of ketones is 2. The van der Waals surface area contributed by atoms with E-state index < -0.39 is 0 Å². The van der Waals surface area contributed by atoms with Crippen molar-refractivity contribution < 1.29 is 14.7 Å². The maximum absolute atomic E-state index is 13.2. The number of carbonyl (C=O) groups excluding carboxylic acids is 2. The highest BCUT2D eigenvalue weighted by Crippen LogP contribution is 2.51. The number of Topliss-reactive ketones (excluding diaryl/α,β-unsaturated/α-hetero) is 2. The molecule has 0 saturated carbocycles. The fourth-order valence-corrected chi connectivity index (χ4v) is 5.32. The highest BCUT2D eigenvalue weighted by atomic mass is 79.9. The van der Waals surface area contributed by atoms with E-state index in [4.69, 9.17) is 0 Å². The third-order valence-electron chi connectivity index (χ3n) is 6.02. The van der Waals surface area contributed by atoms with Crippen LogP contribution in [0.1, 0.15) is 64.9 Å². The number of allylic oxidation sites excluding steroid dienone is 4. The van der Waals surface area contributed by atoms with E-state index in [2.05, 4.69) is 48.9 Å². The lowest BCUT2D eigenvalue weighted by atomic mass is 9.64. The molecule has 0 saturated heterocycles. The van der Waals surface area contributed by atoms with Crippen LogP contribution in [0.3, 0.4) is 0 Å². The van der Waals surface area contributed by atoms with Crippen LogP contribution in [-0.2, 0) is 9.59 Å². The summed E-state index contributed by atoms with van der Waals surface area (Å²) in [7, 11) is 0. The molecular formula is C23H26BrNO3. The van der Waals surface area contributed by atoms with Crippen molar-refractivity contribution in [2.24, 2.45) is 10.8 Å². The molecule has 1 aliphatic heterocycles. The summed E-state index contributed by atoms with van der Waals surface area (Å²) in [5.41, 5.74) is 4.03. The van der Waals surface area contributed by atoms with E-state index in [0.717, 1.165) is 40.9 Å². The number of halogens is 1. The summed E-state index contributed by atoms with van der Waals surface area (Å²) >= 11 is 3.39. The second kappa shape index (κ2) is 6.31. The monoisotopic (exact) mass is 443 g/mol. The molecule has 1 aromatic rings. The number of nitrogens with one attached hydrogen (secondary N) is 1. The Balaban J connectivity index is 1.93. The Morgan fingerprint density at radius 1 is 0.929 bits per heavy atom. The van der Waals surface area contributed by atoms with Gasteiger partial charge in [-0.2, -0.15) is 0 Å². The predicted molar refractivity (Wildman–Crippen MR) is 112 cm³/mol. The first kappa shape index (κ1) is 19.4. The fraction of sp³-hybridized carbons (Fsp3) is 0.478. The smallest absolute Gasteiger partial charge is 0.162 e. The summed E-state index contributed by atoms with van der Waals surface area (Å²) in [5.74, 6) is -0.00193. The number of hydrogen-bond donors (Lipinski definition) is 2. The van der Waals surface area contributed by atoms with Gasteiger partial charge in [0.25, 0.3) is 0 Å². The number of dihydropyridines is 1. The molecule has 2 aliphatic carbocycles. The summed E-state index contributed by atoms with van der Waals surface area (Å²) < 4.78 is 0.569. The topological polar surface area (TPSA) is 66.4 Å². The Hall–Kier alpha value is -1.88. The minimum atomic E-state index is -0.365. The number of carbonyl (C=O) groups is 2. The van der Waals surface area contributed by atoms with Gasteiger partial charge in [-0.3, -0.25) is 9.59 Å². The number of hydrogen-bond acceptors (Lipinski definition) is 4. The van der Waals surface area contributed by atoms with E-state index >= 15 is 0 Å². The molecule has 0 bridgehead atoms. The normalized spacial score (nSPS) is 24.0. The lowest BCUT2D eigenvalue weighted by Crippen LogP contribution is -2.42. The van der Waals surface area contributed by atoms with Crippen molar-refractivity contribution in [3.05, 3.63) is 50.8 Å². The zero-order valence-corrected chi connectivity index (χ0v) is 18.4. The lowest BCUT2D eigenvalue weighted by Gasteiger charge is -2.44. The Kier molecular flexibility index (Phi) is 4.38. The van der Waals surface area contributed by atoms with Crippen molar-refractivity contribution in [2.45, 2.75) is 59.3 Å². The van der Waals surface area contributed by atoms with Gasteiger partial charge < -0.3 is 10.4 Å². The fourth-order valence-electron chi connectivity index (χ4n) is 4.92. The number of phenolic OH excluding ortho intramolecular Hbond substituents is 1. The molecule has 0 amide bonds. The molecule has 28 heavy (non-hydrogen) atoms. The molecule has 0 spiro atoms. The van der Waals surface area contributed by atoms with Gasteiger partial charge in [0.1, 0.15) is 5.75 Å². The van der Waals surface area contributed by atoms with Crippen LogP contribution in [0.2, 0.25) is 0 Å². The summed E-state index contributed by atoms with van der Waals surface area (Å²) in [6.45, 7) is 8.45. The van der Waals surface area contributed by atoms with Gasteiger partial charge >= 0.3 is 0 Å². The molecule has 1 aromatic carbocycles. The minimum absolute atomic E-state index is 0.102. The number of phenols is 1. The van der Waals surface area contributed by atoms with E-state index in [-0.39, 0.29) is 34.1 Å². The first-order valence-electron chi connectivity index (χ1n) is 9.75. The molecule has 4 nitrogen and oxygen atoms in total. The average molecular weight is 444 g/mol. The van der Waals surface area contributed by atoms with Gasteiger partial charge in [0, 0.05) is 41.3 Å². The lowest BCUT2D eigenvalue weighted by molar-refractivity contribution is -0.119. The second-order valence-electron chi connectivity index (χ2n) is 9.94. The molecule has 0 radical (unpaired) electrons. The van der Waals surface area contributed by atoms with Crippen LogP contribution in [0.25, 0.3) is 0 Å². The molecule has 3 aliphatic rings. The van der Waals surface area contributed by atoms with Crippen LogP contribution >= 0.6 is 15.9 Å². The minimum Gasteiger partial charge on any atom is -0.507 e. The van der Waals surface area contributed by atoms with Crippen LogP contribution in [0, 0.1) is 10.8 Å². The number of rotatable bonds is 1. The van der Waals surface area contributed by atoms with Gasteiger partial charge in [0.05, 0.1) is 4.47 Å². The zero-order valence-electron chi connectivity index (χ0n) is 16.8. The highest BCUT2D eigenvalue weighted by molar-refractivity contribution is 9.10. The Morgan fingerprint density at radius 2 is 1.43 bits per heavy atom. The van der Waals surface area contributed by atoms with Crippen molar-refractivity contribution in [3.8, 4) is 5.75 Å². The zero-order chi connectivity index (χ0) is 20.4. The van der Waals surface area contributed by atoms with E-state index in [1.807, 2.05) is 12.1 Å². The van der Waals surface area contributed by atoms with Gasteiger partial charge in [-0.15, -0.1) is 0 Å². The molecule has 0 fully saturated rings. The third-order valence-corrected chi connectivity index (χ3v) is 6.66. The molecule has 4 rings (SSSR count). The van der Waals surface area contributed by atoms with Crippen molar-refractivity contribution in [2.75, 3.05) is 0 Å². The van der Waals surface area contributed by atoms with Crippen molar-refractivity contribution >= 4 is 27.5 Å². The molecular weight excluding hydrogens is 418 g/mol. The van der Waals surface area contributed by atoms with Crippen LogP contribution in [0.4, 0.5) is 0 Å². The van der Waals surface area contributed by atoms with Gasteiger partial charge in [-0.05, 0) is 57.3 Å². The van der Waals surface area contributed by atoms with Crippen molar-refractivity contribution in [1.82, 2.24) is 5.32 Å². The molecule has 0 unspecified atom stereocenters. The van der Waals surface area contributed by atoms with Crippen LogP contribution < -0.4 is 5.32 Å². The maximum Gasteiger partial charge on any atom is 0.162 e. The van der Waals surface area contributed by atoms with E-state index in [0.29, 0.717) is 17.3 Å². The predicted octanol–water partition coefficient (Wildman–Crippen LogP) is 5.13. The molecule has 0 aromatic heterocycles.